The molecule has 0 saturated heterocycles. The van der Waals surface area contributed by atoms with E-state index in [-0.39, 0.29) is 18.6 Å². The Balaban J connectivity index is 3.72. The molecule has 0 fully saturated rings. The van der Waals surface area contributed by atoms with E-state index in [1.165, 1.54) is 0 Å². The van der Waals surface area contributed by atoms with Crippen molar-refractivity contribution in [2.45, 2.75) is 19.9 Å². The molecule has 0 radical (unpaired) electrons. The molecule has 1 atom stereocenters. The summed E-state index contributed by atoms with van der Waals surface area (Å²) in [6.45, 7) is 3.89. The second kappa shape index (κ2) is 4.04. The molecule has 4 nitrogen and oxygen atoms in total. The van der Waals surface area contributed by atoms with E-state index in [0.717, 1.165) is 6.26 Å². The van der Waals surface area contributed by atoms with Gasteiger partial charge in [-0.1, -0.05) is 13.8 Å². The van der Waals surface area contributed by atoms with Gasteiger partial charge in [-0.3, -0.25) is 4.18 Å². The van der Waals surface area contributed by atoms with Crippen LogP contribution in [0.5, 0.6) is 0 Å². The third-order valence-corrected chi connectivity index (χ3v) is 1.90. The predicted molar refractivity (Wildman–Crippen MR) is 43.6 cm³/mol. The van der Waals surface area contributed by atoms with Crippen LogP contribution in [0.3, 0.4) is 0 Å². The topological polar surface area (TPSA) is 69.4 Å². The second-order valence-corrected chi connectivity index (χ2v) is 4.54. The highest BCUT2D eigenvalue weighted by Gasteiger charge is 2.10. The van der Waals surface area contributed by atoms with Crippen LogP contribution in [0, 0.1) is 5.92 Å². The van der Waals surface area contributed by atoms with Gasteiger partial charge in [0.1, 0.15) is 0 Å². The molecule has 0 aromatic carbocycles. The molecular weight excluding hydrogens is 166 g/mol. The summed E-state index contributed by atoms with van der Waals surface area (Å²) >= 11 is 0. The molecule has 2 N–H and O–H groups in total. The SMILES string of the molecule is CC(C)[C@H](N)COS(C)(=O)=O. The minimum Gasteiger partial charge on any atom is -0.325 e. The number of rotatable bonds is 4. The Labute approximate surface area is 67.9 Å². The Hall–Kier alpha value is -0.130. The number of hydrogen-bond donors (Lipinski definition) is 1. The van der Waals surface area contributed by atoms with Gasteiger partial charge in [-0.15, -0.1) is 0 Å². The van der Waals surface area contributed by atoms with Gasteiger partial charge in [0, 0.05) is 6.04 Å². The lowest BCUT2D eigenvalue weighted by Crippen LogP contribution is -2.32. The summed E-state index contributed by atoms with van der Waals surface area (Å²) in [4.78, 5) is 0. The molecule has 0 aromatic heterocycles. The highest BCUT2D eigenvalue weighted by molar-refractivity contribution is 7.85. The van der Waals surface area contributed by atoms with Crippen molar-refractivity contribution in [3.63, 3.8) is 0 Å². The molecule has 11 heavy (non-hydrogen) atoms. The van der Waals surface area contributed by atoms with Gasteiger partial charge in [-0.05, 0) is 5.92 Å². The van der Waals surface area contributed by atoms with E-state index in [1.807, 2.05) is 13.8 Å². The molecule has 0 saturated carbocycles. The zero-order valence-corrected chi connectivity index (χ0v) is 7.89. The molecule has 0 heterocycles. The van der Waals surface area contributed by atoms with E-state index < -0.39 is 10.1 Å². The molecule has 0 rings (SSSR count). The Morgan fingerprint density at radius 1 is 1.45 bits per heavy atom. The summed E-state index contributed by atoms with van der Waals surface area (Å²) < 4.78 is 25.5. The lowest BCUT2D eigenvalue weighted by molar-refractivity contribution is 0.266. The van der Waals surface area contributed by atoms with Crippen molar-refractivity contribution in [2.24, 2.45) is 11.7 Å². The first-order valence-electron chi connectivity index (χ1n) is 3.43. The van der Waals surface area contributed by atoms with Crippen molar-refractivity contribution in [2.75, 3.05) is 12.9 Å². The summed E-state index contributed by atoms with van der Waals surface area (Å²) in [6, 6.07) is -0.218. The molecule has 68 valence electrons. The van der Waals surface area contributed by atoms with Crippen LogP contribution in [0.4, 0.5) is 0 Å². The van der Waals surface area contributed by atoms with Crippen LogP contribution in [0.15, 0.2) is 0 Å². The molecule has 0 bridgehead atoms. The summed E-state index contributed by atoms with van der Waals surface area (Å²) in [5.74, 6) is 0.233. The number of nitrogens with two attached hydrogens (primary N) is 1. The Morgan fingerprint density at radius 2 is 1.91 bits per heavy atom. The van der Waals surface area contributed by atoms with E-state index >= 15 is 0 Å². The third kappa shape index (κ3) is 6.28. The van der Waals surface area contributed by atoms with Gasteiger partial charge in [0.05, 0.1) is 12.9 Å². The maximum atomic E-state index is 10.5. The first kappa shape index (κ1) is 10.9. The minimum atomic E-state index is -3.33. The average Bonchev–Trinajstić information content (AvgIpc) is 1.80. The maximum absolute atomic E-state index is 10.5. The van der Waals surface area contributed by atoms with Gasteiger partial charge < -0.3 is 5.73 Å². The molecule has 0 amide bonds. The standard InChI is InChI=1S/C6H15NO3S/c1-5(2)6(7)4-10-11(3,8)9/h5-6H,4,7H2,1-3H3/t6-/m1/s1. The van der Waals surface area contributed by atoms with Crippen LogP contribution in [-0.4, -0.2) is 27.3 Å². The minimum absolute atomic E-state index is 0.0660. The fraction of sp³-hybridized carbons (Fsp3) is 1.00. The Kier molecular flexibility index (Phi) is 3.99. The van der Waals surface area contributed by atoms with E-state index in [2.05, 4.69) is 4.18 Å². The van der Waals surface area contributed by atoms with Gasteiger partial charge in [0.25, 0.3) is 10.1 Å². The molecule has 0 spiro atoms. The predicted octanol–water partition coefficient (Wildman–Crippen LogP) is -0.0541. The molecule has 5 heteroatoms. The van der Waals surface area contributed by atoms with Crippen molar-refractivity contribution in [3.8, 4) is 0 Å². The highest BCUT2D eigenvalue weighted by Crippen LogP contribution is 1.99. The van der Waals surface area contributed by atoms with Crippen LogP contribution in [0.2, 0.25) is 0 Å². The Bertz CT molecular complexity index is 198. The summed E-state index contributed by atoms with van der Waals surface area (Å²) in [5.41, 5.74) is 5.53. The van der Waals surface area contributed by atoms with Crippen LogP contribution in [0.1, 0.15) is 13.8 Å². The number of hydrogen-bond acceptors (Lipinski definition) is 4. The molecular formula is C6H15NO3S. The smallest absolute Gasteiger partial charge is 0.264 e. The van der Waals surface area contributed by atoms with Gasteiger partial charge in [0.15, 0.2) is 0 Å². The first-order chi connectivity index (χ1) is 4.83. The Morgan fingerprint density at radius 3 is 2.18 bits per heavy atom. The average molecular weight is 181 g/mol. The van der Waals surface area contributed by atoms with Gasteiger partial charge in [-0.25, -0.2) is 0 Å². The van der Waals surface area contributed by atoms with Crippen molar-refractivity contribution < 1.29 is 12.6 Å². The lowest BCUT2D eigenvalue weighted by Gasteiger charge is -2.13. The van der Waals surface area contributed by atoms with Crippen molar-refractivity contribution in [3.05, 3.63) is 0 Å². The highest BCUT2D eigenvalue weighted by atomic mass is 32.2. The summed E-state index contributed by atoms with van der Waals surface area (Å²) in [5, 5.41) is 0. The fourth-order valence-electron chi connectivity index (χ4n) is 0.395. The zero-order chi connectivity index (χ0) is 9.07. The van der Waals surface area contributed by atoms with E-state index in [4.69, 9.17) is 5.73 Å². The maximum Gasteiger partial charge on any atom is 0.264 e. The van der Waals surface area contributed by atoms with Crippen LogP contribution in [0.25, 0.3) is 0 Å². The van der Waals surface area contributed by atoms with Crippen LogP contribution < -0.4 is 5.73 Å². The molecule has 0 aliphatic heterocycles. The first-order valence-corrected chi connectivity index (χ1v) is 5.24. The van der Waals surface area contributed by atoms with Crippen LogP contribution >= 0.6 is 0 Å². The van der Waals surface area contributed by atoms with Gasteiger partial charge in [-0.2, -0.15) is 8.42 Å². The van der Waals surface area contributed by atoms with Gasteiger partial charge >= 0.3 is 0 Å². The molecule has 0 aliphatic carbocycles. The van der Waals surface area contributed by atoms with Gasteiger partial charge in [0.2, 0.25) is 0 Å². The molecule has 0 unspecified atom stereocenters. The van der Waals surface area contributed by atoms with E-state index in [0.29, 0.717) is 0 Å². The zero-order valence-electron chi connectivity index (χ0n) is 7.07. The lowest BCUT2D eigenvalue weighted by atomic mass is 10.1. The molecule has 0 aromatic rings. The van der Waals surface area contributed by atoms with Crippen LogP contribution in [-0.2, 0) is 14.3 Å². The molecule has 0 aliphatic rings. The second-order valence-electron chi connectivity index (χ2n) is 2.90. The van der Waals surface area contributed by atoms with Crippen molar-refractivity contribution in [1.82, 2.24) is 0 Å². The summed E-state index contributed by atoms with van der Waals surface area (Å²) in [7, 11) is -3.33. The monoisotopic (exact) mass is 181 g/mol. The fourth-order valence-corrected chi connectivity index (χ4v) is 0.799. The quantitative estimate of drug-likeness (QED) is 0.617. The normalized spacial score (nSPS) is 15.4. The van der Waals surface area contributed by atoms with E-state index in [1.54, 1.807) is 0 Å². The largest absolute Gasteiger partial charge is 0.325 e. The van der Waals surface area contributed by atoms with Crippen molar-refractivity contribution >= 4 is 10.1 Å². The van der Waals surface area contributed by atoms with Crippen molar-refractivity contribution in [1.29, 1.82) is 0 Å². The van der Waals surface area contributed by atoms with E-state index in [9.17, 15) is 8.42 Å². The third-order valence-electron chi connectivity index (χ3n) is 1.33. The summed E-state index contributed by atoms with van der Waals surface area (Å²) in [6.07, 6.45) is 1.01.